The van der Waals surface area contributed by atoms with Gasteiger partial charge >= 0.3 is 0 Å². The molecule has 1 heterocycles. The fraction of sp³-hybridized carbons (Fsp3) is 0.375. The highest BCUT2D eigenvalue weighted by Crippen LogP contribution is 2.52. The summed E-state index contributed by atoms with van der Waals surface area (Å²) < 4.78 is 2.15. The highest BCUT2D eigenvalue weighted by atomic mass is 16.1. The summed E-state index contributed by atoms with van der Waals surface area (Å²) in [5.41, 5.74) is 4.08. The van der Waals surface area contributed by atoms with E-state index in [0.29, 0.717) is 19.0 Å². The molecule has 5 nitrogen and oxygen atoms in total. The third-order valence-electron chi connectivity index (χ3n) is 6.30. The van der Waals surface area contributed by atoms with E-state index >= 15 is 0 Å². The molecule has 1 aromatic heterocycles. The number of hydrogen-bond acceptors (Lipinski definition) is 3. The zero-order chi connectivity index (χ0) is 19.8. The van der Waals surface area contributed by atoms with Gasteiger partial charge < -0.3 is 5.32 Å². The lowest BCUT2D eigenvalue weighted by Crippen LogP contribution is -2.24. The molecule has 1 amide bonds. The Morgan fingerprint density at radius 3 is 2.34 bits per heavy atom. The van der Waals surface area contributed by atoms with E-state index in [1.165, 1.54) is 16.7 Å². The van der Waals surface area contributed by atoms with Gasteiger partial charge in [-0.15, -0.1) is 0 Å². The minimum Gasteiger partial charge on any atom is -0.356 e. The lowest BCUT2D eigenvalue weighted by atomic mass is 9.95. The molecule has 0 spiro atoms. The molecule has 0 radical (unpaired) electrons. The van der Waals surface area contributed by atoms with Crippen molar-refractivity contribution in [3.63, 3.8) is 0 Å². The maximum atomic E-state index is 11.3. The summed E-state index contributed by atoms with van der Waals surface area (Å²) in [7, 11) is 0. The SMILES string of the molecule is CC(=O)NCCc1nc(C2(c3ccccc3)CC2)nn1C1Cc2ccccc2C1. The number of rotatable bonds is 6. The molecule has 5 rings (SSSR count). The first-order chi connectivity index (χ1) is 14.2. The molecule has 29 heavy (non-hydrogen) atoms. The molecule has 5 heteroatoms. The van der Waals surface area contributed by atoms with E-state index in [1.54, 1.807) is 6.92 Å². The van der Waals surface area contributed by atoms with Gasteiger partial charge in [0.05, 0.1) is 11.5 Å². The third kappa shape index (κ3) is 3.35. The lowest BCUT2D eigenvalue weighted by molar-refractivity contribution is -0.118. The largest absolute Gasteiger partial charge is 0.356 e. The number of benzene rings is 2. The standard InChI is InChI=1S/C24H26N4O/c1-17(29)25-14-11-22-26-23(24(12-13-24)20-9-3-2-4-10-20)27-28(22)21-15-18-7-5-6-8-19(18)16-21/h2-10,21H,11-16H2,1H3,(H,25,29). The van der Waals surface area contributed by atoms with E-state index in [-0.39, 0.29) is 11.3 Å². The van der Waals surface area contributed by atoms with Crippen LogP contribution in [0.15, 0.2) is 54.6 Å². The number of nitrogens with one attached hydrogen (secondary N) is 1. The first kappa shape index (κ1) is 18.1. The second-order valence-corrected chi connectivity index (χ2v) is 8.31. The Labute approximate surface area is 171 Å². The number of carbonyl (C=O) groups is 1. The molecule has 2 aliphatic rings. The first-order valence-electron chi connectivity index (χ1n) is 10.5. The molecule has 0 aliphatic heterocycles. The molecule has 0 bridgehead atoms. The first-order valence-corrected chi connectivity index (χ1v) is 10.5. The number of carbonyl (C=O) groups excluding carboxylic acids is 1. The van der Waals surface area contributed by atoms with Gasteiger partial charge in [0.25, 0.3) is 0 Å². The molecule has 2 aromatic carbocycles. The Hall–Kier alpha value is -2.95. The number of fused-ring (bicyclic) bond motifs is 1. The zero-order valence-electron chi connectivity index (χ0n) is 16.8. The van der Waals surface area contributed by atoms with Gasteiger partial charge in [-0.2, -0.15) is 5.10 Å². The van der Waals surface area contributed by atoms with Gasteiger partial charge in [-0.05, 0) is 42.4 Å². The molecule has 1 N–H and O–H groups in total. The quantitative estimate of drug-likeness (QED) is 0.707. The van der Waals surface area contributed by atoms with Crippen molar-refractivity contribution in [1.29, 1.82) is 0 Å². The zero-order valence-corrected chi connectivity index (χ0v) is 16.8. The third-order valence-corrected chi connectivity index (χ3v) is 6.30. The second-order valence-electron chi connectivity index (χ2n) is 8.31. The Bertz CT molecular complexity index is 1010. The van der Waals surface area contributed by atoms with Crippen LogP contribution in [-0.4, -0.2) is 27.2 Å². The Balaban J connectivity index is 1.48. The average molecular weight is 386 g/mol. The lowest BCUT2D eigenvalue weighted by Gasteiger charge is -2.14. The van der Waals surface area contributed by atoms with Gasteiger partial charge in [-0.3, -0.25) is 4.79 Å². The minimum absolute atomic E-state index is 0.00694. The summed E-state index contributed by atoms with van der Waals surface area (Å²) in [5, 5.41) is 7.98. The minimum atomic E-state index is -0.0410. The Morgan fingerprint density at radius 2 is 1.72 bits per heavy atom. The molecule has 0 saturated heterocycles. The summed E-state index contributed by atoms with van der Waals surface area (Å²) >= 11 is 0. The molecular formula is C24H26N4O. The molecule has 0 unspecified atom stereocenters. The molecular weight excluding hydrogens is 360 g/mol. The van der Waals surface area contributed by atoms with Crippen LogP contribution in [0.4, 0.5) is 0 Å². The average Bonchev–Trinajstić information content (AvgIpc) is 3.25. The predicted octanol–water partition coefficient (Wildman–Crippen LogP) is 3.38. The van der Waals surface area contributed by atoms with Crippen molar-refractivity contribution in [3.05, 3.63) is 82.9 Å². The second kappa shape index (κ2) is 7.14. The van der Waals surface area contributed by atoms with Crippen LogP contribution >= 0.6 is 0 Å². The predicted molar refractivity (Wildman–Crippen MR) is 112 cm³/mol. The summed E-state index contributed by atoms with van der Waals surface area (Å²) in [4.78, 5) is 16.4. The van der Waals surface area contributed by atoms with E-state index in [2.05, 4.69) is 64.6 Å². The van der Waals surface area contributed by atoms with E-state index in [0.717, 1.165) is 37.3 Å². The number of nitrogens with zero attached hydrogens (tertiary/aromatic N) is 3. The van der Waals surface area contributed by atoms with Gasteiger partial charge in [0.15, 0.2) is 5.82 Å². The van der Waals surface area contributed by atoms with Gasteiger partial charge in [-0.1, -0.05) is 54.6 Å². The molecule has 2 aliphatic carbocycles. The fourth-order valence-corrected chi connectivity index (χ4v) is 4.60. The van der Waals surface area contributed by atoms with Gasteiger partial charge in [0.2, 0.25) is 5.91 Å². The van der Waals surface area contributed by atoms with Crippen molar-refractivity contribution in [1.82, 2.24) is 20.1 Å². The number of aromatic nitrogens is 3. The van der Waals surface area contributed by atoms with Crippen LogP contribution < -0.4 is 5.32 Å². The van der Waals surface area contributed by atoms with Crippen LogP contribution in [0, 0.1) is 0 Å². The topological polar surface area (TPSA) is 59.8 Å². The molecule has 148 valence electrons. The van der Waals surface area contributed by atoms with Crippen molar-refractivity contribution < 1.29 is 4.79 Å². The monoisotopic (exact) mass is 386 g/mol. The summed E-state index contributed by atoms with van der Waals surface area (Å²) in [6.45, 7) is 2.14. The Kier molecular flexibility index (Phi) is 4.46. The van der Waals surface area contributed by atoms with E-state index < -0.39 is 0 Å². The maximum absolute atomic E-state index is 11.3. The van der Waals surface area contributed by atoms with Crippen LogP contribution in [0.25, 0.3) is 0 Å². The fourth-order valence-electron chi connectivity index (χ4n) is 4.60. The number of amides is 1. The van der Waals surface area contributed by atoms with Crippen molar-refractivity contribution in [3.8, 4) is 0 Å². The van der Waals surface area contributed by atoms with Crippen LogP contribution in [0.2, 0.25) is 0 Å². The highest BCUT2D eigenvalue weighted by molar-refractivity contribution is 5.72. The van der Waals surface area contributed by atoms with E-state index in [1.807, 2.05) is 0 Å². The molecule has 0 atom stereocenters. The van der Waals surface area contributed by atoms with Crippen molar-refractivity contribution in [2.75, 3.05) is 6.54 Å². The maximum Gasteiger partial charge on any atom is 0.216 e. The number of hydrogen-bond donors (Lipinski definition) is 1. The molecule has 1 saturated carbocycles. The van der Waals surface area contributed by atoms with Crippen molar-refractivity contribution in [2.24, 2.45) is 0 Å². The van der Waals surface area contributed by atoms with Gasteiger partial charge in [0, 0.05) is 19.9 Å². The molecule has 1 fully saturated rings. The van der Waals surface area contributed by atoms with Crippen LogP contribution in [-0.2, 0) is 29.5 Å². The summed E-state index contributed by atoms with van der Waals surface area (Å²) in [6.07, 6.45) is 4.87. The van der Waals surface area contributed by atoms with Crippen LogP contribution in [0.3, 0.4) is 0 Å². The van der Waals surface area contributed by atoms with Crippen LogP contribution in [0.5, 0.6) is 0 Å². The van der Waals surface area contributed by atoms with Crippen molar-refractivity contribution >= 4 is 5.91 Å². The van der Waals surface area contributed by atoms with Crippen molar-refractivity contribution in [2.45, 2.75) is 50.5 Å². The van der Waals surface area contributed by atoms with Gasteiger partial charge in [0.1, 0.15) is 5.82 Å². The van der Waals surface area contributed by atoms with E-state index in [9.17, 15) is 4.79 Å². The normalized spacial score (nSPS) is 17.1. The van der Waals surface area contributed by atoms with E-state index in [4.69, 9.17) is 10.1 Å². The smallest absolute Gasteiger partial charge is 0.216 e. The molecule has 3 aromatic rings. The Morgan fingerprint density at radius 1 is 1.07 bits per heavy atom. The summed E-state index contributed by atoms with van der Waals surface area (Å²) in [6, 6.07) is 19.6. The van der Waals surface area contributed by atoms with Crippen LogP contribution in [0.1, 0.15) is 54.1 Å². The highest BCUT2D eigenvalue weighted by Gasteiger charge is 2.49. The van der Waals surface area contributed by atoms with Gasteiger partial charge in [-0.25, -0.2) is 9.67 Å². The summed E-state index contributed by atoms with van der Waals surface area (Å²) in [5.74, 6) is 1.92.